The van der Waals surface area contributed by atoms with Gasteiger partial charge in [-0.15, -0.1) is 0 Å². The molecule has 1 rings (SSSR count). The van der Waals surface area contributed by atoms with Crippen molar-refractivity contribution >= 4 is 0 Å². The van der Waals surface area contributed by atoms with Crippen LogP contribution < -0.4 is 5.73 Å². The van der Waals surface area contributed by atoms with Gasteiger partial charge >= 0.3 is 0 Å². The zero-order valence-electron chi connectivity index (χ0n) is 8.04. The van der Waals surface area contributed by atoms with Crippen LogP contribution in [0.25, 0.3) is 0 Å². The maximum Gasteiger partial charge on any atom is 0.128 e. The Morgan fingerprint density at radius 1 is 1.54 bits per heavy atom. The van der Waals surface area contributed by atoms with E-state index in [1.165, 1.54) is 5.56 Å². The average Bonchev–Trinajstić information content (AvgIpc) is 2.34. The predicted molar refractivity (Wildman–Crippen MR) is 50.1 cm³/mol. The fraction of sp³-hybridized carbons (Fsp3) is 0.556. The van der Waals surface area contributed by atoms with Crippen molar-refractivity contribution in [3.63, 3.8) is 0 Å². The lowest BCUT2D eigenvalue weighted by atomic mass is 10.1. The number of nitrogens with two attached hydrogens (primary N) is 1. The van der Waals surface area contributed by atoms with Crippen LogP contribution in [0.1, 0.15) is 17.0 Å². The highest BCUT2D eigenvalue weighted by Crippen LogP contribution is 2.12. The molecule has 0 aliphatic carbocycles. The molecule has 0 radical (unpaired) electrons. The van der Waals surface area contributed by atoms with Gasteiger partial charge in [0.05, 0.1) is 11.8 Å². The molecule has 0 aliphatic rings. The first kappa shape index (κ1) is 9.75. The van der Waals surface area contributed by atoms with Gasteiger partial charge in [0.2, 0.25) is 0 Å². The van der Waals surface area contributed by atoms with Crippen molar-refractivity contribution in [1.82, 2.24) is 9.78 Å². The molecule has 4 heteroatoms. The highest BCUT2D eigenvalue weighted by Gasteiger charge is 2.09. The van der Waals surface area contributed by atoms with E-state index in [1.54, 1.807) is 4.68 Å². The molecule has 13 heavy (non-hydrogen) atoms. The summed E-state index contributed by atoms with van der Waals surface area (Å²) in [4.78, 5) is 0. The molecule has 0 amide bonds. The summed E-state index contributed by atoms with van der Waals surface area (Å²) in [5.41, 5.74) is 8.70. The Morgan fingerprint density at radius 2 is 2.23 bits per heavy atom. The highest BCUT2D eigenvalue weighted by molar-refractivity contribution is 5.25. The molecule has 0 aliphatic heterocycles. The van der Waals surface area contributed by atoms with Gasteiger partial charge in [-0.1, -0.05) is 0 Å². The zero-order valence-corrected chi connectivity index (χ0v) is 8.04. The highest BCUT2D eigenvalue weighted by atomic mass is 15.3. The van der Waals surface area contributed by atoms with E-state index in [9.17, 15) is 0 Å². The Balaban J connectivity index is 3.01. The summed E-state index contributed by atoms with van der Waals surface area (Å²) < 4.78 is 1.72. The Hall–Kier alpha value is -1.34. The van der Waals surface area contributed by atoms with Gasteiger partial charge in [-0.05, 0) is 32.4 Å². The second-order valence-electron chi connectivity index (χ2n) is 3.00. The molecular weight excluding hydrogens is 164 g/mol. The molecule has 1 heterocycles. The summed E-state index contributed by atoms with van der Waals surface area (Å²) in [6, 6.07) is 2.08. The minimum Gasteiger partial charge on any atom is -0.330 e. The standard InChI is InChI=1S/C9H14N4/c1-7-9(3-4-10)8(2)13(12-7)6-5-11/h3-4,6,10H2,1-2H3. The number of aryl methyl sites for hydroxylation is 1. The molecule has 0 fully saturated rings. The van der Waals surface area contributed by atoms with Crippen LogP contribution in [-0.2, 0) is 13.0 Å². The monoisotopic (exact) mass is 178 g/mol. The van der Waals surface area contributed by atoms with Crippen LogP contribution in [0, 0.1) is 25.2 Å². The predicted octanol–water partition coefficient (Wildman–Crippen LogP) is 0.525. The number of aromatic nitrogens is 2. The molecule has 0 atom stereocenters. The SMILES string of the molecule is Cc1nn(CC#N)c(C)c1CCN. The van der Waals surface area contributed by atoms with E-state index in [4.69, 9.17) is 11.0 Å². The van der Waals surface area contributed by atoms with Gasteiger partial charge in [0.25, 0.3) is 0 Å². The maximum atomic E-state index is 8.54. The Bertz CT molecular complexity index is 332. The van der Waals surface area contributed by atoms with Crippen LogP contribution in [-0.4, -0.2) is 16.3 Å². The van der Waals surface area contributed by atoms with Crippen molar-refractivity contribution < 1.29 is 0 Å². The fourth-order valence-electron chi connectivity index (χ4n) is 1.46. The van der Waals surface area contributed by atoms with Gasteiger partial charge in [0.15, 0.2) is 0 Å². The van der Waals surface area contributed by atoms with Crippen molar-refractivity contribution in [3.05, 3.63) is 17.0 Å². The summed E-state index contributed by atoms with van der Waals surface area (Å²) in [7, 11) is 0. The average molecular weight is 178 g/mol. The smallest absolute Gasteiger partial charge is 0.128 e. The van der Waals surface area contributed by atoms with Gasteiger partial charge in [-0.2, -0.15) is 10.4 Å². The Kier molecular flexibility index (Phi) is 3.04. The Labute approximate surface area is 78.0 Å². The van der Waals surface area contributed by atoms with Crippen LogP contribution in [0.4, 0.5) is 0 Å². The first-order valence-corrected chi connectivity index (χ1v) is 4.30. The first-order chi connectivity index (χ1) is 6.20. The van der Waals surface area contributed by atoms with E-state index in [2.05, 4.69) is 11.2 Å². The topological polar surface area (TPSA) is 67.6 Å². The molecule has 4 nitrogen and oxygen atoms in total. The summed E-state index contributed by atoms with van der Waals surface area (Å²) in [5.74, 6) is 0. The van der Waals surface area contributed by atoms with Crippen molar-refractivity contribution in [2.75, 3.05) is 6.54 Å². The molecule has 1 aromatic heterocycles. The van der Waals surface area contributed by atoms with E-state index in [0.717, 1.165) is 17.8 Å². The zero-order chi connectivity index (χ0) is 9.84. The molecule has 1 aromatic rings. The lowest BCUT2D eigenvalue weighted by molar-refractivity contribution is 0.678. The van der Waals surface area contributed by atoms with Crippen LogP contribution in [0.2, 0.25) is 0 Å². The number of nitrogens with zero attached hydrogens (tertiary/aromatic N) is 3. The third-order valence-electron chi connectivity index (χ3n) is 2.15. The van der Waals surface area contributed by atoms with Crippen LogP contribution >= 0.6 is 0 Å². The second kappa shape index (κ2) is 4.06. The minimum atomic E-state index is 0.317. The van der Waals surface area contributed by atoms with Crippen LogP contribution in [0.15, 0.2) is 0 Å². The number of hydrogen-bond acceptors (Lipinski definition) is 3. The molecule has 0 aromatic carbocycles. The molecule has 0 saturated carbocycles. The normalized spacial score (nSPS) is 10.0. The summed E-state index contributed by atoms with van der Waals surface area (Å²) >= 11 is 0. The Morgan fingerprint density at radius 3 is 2.77 bits per heavy atom. The largest absolute Gasteiger partial charge is 0.330 e. The molecule has 70 valence electrons. The van der Waals surface area contributed by atoms with Crippen LogP contribution in [0.3, 0.4) is 0 Å². The summed E-state index contributed by atoms with van der Waals surface area (Å²) in [6.45, 7) is 4.87. The van der Waals surface area contributed by atoms with Gasteiger partial charge in [-0.25, -0.2) is 0 Å². The second-order valence-corrected chi connectivity index (χ2v) is 3.00. The van der Waals surface area contributed by atoms with E-state index < -0.39 is 0 Å². The molecule has 0 spiro atoms. The molecule has 0 bridgehead atoms. The third kappa shape index (κ3) is 1.87. The minimum absolute atomic E-state index is 0.317. The summed E-state index contributed by atoms with van der Waals surface area (Å²) in [6.07, 6.45) is 0.836. The maximum absolute atomic E-state index is 8.54. The van der Waals surface area contributed by atoms with E-state index >= 15 is 0 Å². The fourth-order valence-corrected chi connectivity index (χ4v) is 1.46. The summed E-state index contributed by atoms with van der Waals surface area (Å²) in [5, 5.41) is 12.8. The number of rotatable bonds is 3. The quantitative estimate of drug-likeness (QED) is 0.733. The van der Waals surface area contributed by atoms with Crippen molar-refractivity contribution in [2.45, 2.75) is 26.8 Å². The van der Waals surface area contributed by atoms with Gasteiger partial charge < -0.3 is 5.73 Å². The third-order valence-corrected chi connectivity index (χ3v) is 2.15. The molecular formula is C9H14N4. The van der Waals surface area contributed by atoms with Crippen molar-refractivity contribution in [2.24, 2.45) is 5.73 Å². The molecule has 2 N–H and O–H groups in total. The molecule has 0 saturated heterocycles. The van der Waals surface area contributed by atoms with Gasteiger partial charge in [-0.3, -0.25) is 4.68 Å². The molecule has 0 unspecified atom stereocenters. The number of nitriles is 1. The van der Waals surface area contributed by atoms with Gasteiger partial charge in [0.1, 0.15) is 6.54 Å². The van der Waals surface area contributed by atoms with Crippen molar-refractivity contribution in [1.29, 1.82) is 5.26 Å². The first-order valence-electron chi connectivity index (χ1n) is 4.30. The lowest BCUT2D eigenvalue weighted by Crippen LogP contribution is -2.05. The number of hydrogen-bond donors (Lipinski definition) is 1. The van der Waals surface area contributed by atoms with Gasteiger partial charge in [0, 0.05) is 5.69 Å². The van der Waals surface area contributed by atoms with Crippen LogP contribution in [0.5, 0.6) is 0 Å². The van der Waals surface area contributed by atoms with E-state index in [-0.39, 0.29) is 0 Å². The van der Waals surface area contributed by atoms with E-state index in [1.807, 2.05) is 13.8 Å². The van der Waals surface area contributed by atoms with Crippen molar-refractivity contribution in [3.8, 4) is 6.07 Å². The lowest BCUT2D eigenvalue weighted by Gasteiger charge is -1.99. The van der Waals surface area contributed by atoms with E-state index in [0.29, 0.717) is 13.1 Å².